The molecule has 0 fully saturated rings. The first-order valence-electron chi connectivity index (χ1n) is 5.60. The Bertz CT molecular complexity index is 616. The summed E-state index contributed by atoms with van der Waals surface area (Å²) in [5.74, 6) is 0.791. The second-order valence-electron chi connectivity index (χ2n) is 3.91. The molecule has 3 nitrogen and oxygen atoms in total. The maximum Gasteiger partial charge on any atom is 0.120 e. The quantitative estimate of drug-likeness (QED) is 0.833. The van der Waals surface area contributed by atoms with Crippen LogP contribution in [-0.4, -0.2) is 12.1 Å². The van der Waals surface area contributed by atoms with Crippen molar-refractivity contribution in [3.63, 3.8) is 0 Å². The van der Waals surface area contributed by atoms with Crippen LogP contribution in [0.2, 0.25) is 0 Å². The molecule has 0 amide bonds. The van der Waals surface area contributed by atoms with Crippen LogP contribution in [0.3, 0.4) is 0 Å². The predicted molar refractivity (Wildman–Crippen MR) is 86.3 cm³/mol. The maximum atomic E-state index is 5.74. The van der Waals surface area contributed by atoms with E-state index in [1.54, 1.807) is 7.11 Å². The highest BCUT2D eigenvalue weighted by Crippen LogP contribution is 2.26. The van der Waals surface area contributed by atoms with Gasteiger partial charge >= 0.3 is 0 Å². The van der Waals surface area contributed by atoms with Gasteiger partial charge in [0.05, 0.1) is 7.11 Å². The lowest BCUT2D eigenvalue weighted by Crippen LogP contribution is -2.12. The van der Waals surface area contributed by atoms with Gasteiger partial charge in [-0.2, -0.15) is 0 Å². The Balaban J connectivity index is 2.34. The number of nitrogens with one attached hydrogen (secondary N) is 1. The Kier molecular flexibility index (Phi) is 4.39. The van der Waals surface area contributed by atoms with Crippen LogP contribution in [0.15, 0.2) is 46.9 Å². The lowest BCUT2D eigenvalue weighted by Gasteiger charge is -2.12. The van der Waals surface area contributed by atoms with Crippen LogP contribution in [0, 0.1) is 0 Å². The van der Waals surface area contributed by atoms with Crippen molar-refractivity contribution in [2.24, 2.45) is 5.73 Å². The predicted octanol–water partition coefficient (Wildman–Crippen LogP) is 3.84. The first-order chi connectivity index (χ1) is 9.10. The fourth-order valence-electron chi connectivity index (χ4n) is 1.69. The zero-order valence-corrected chi connectivity index (χ0v) is 12.7. The van der Waals surface area contributed by atoms with Crippen molar-refractivity contribution in [2.45, 2.75) is 0 Å². The Morgan fingerprint density at radius 3 is 2.74 bits per heavy atom. The van der Waals surface area contributed by atoms with E-state index < -0.39 is 0 Å². The first kappa shape index (κ1) is 13.8. The number of anilines is 2. The van der Waals surface area contributed by atoms with Crippen LogP contribution in [0.4, 0.5) is 11.4 Å². The second kappa shape index (κ2) is 6.04. The van der Waals surface area contributed by atoms with E-state index in [0.29, 0.717) is 4.99 Å². The summed E-state index contributed by atoms with van der Waals surface area (Å²) >= 11 is 8.48. The number of nitrogens with two attached hydrogens (primary N) is 1. The lowest BCUT2D eigenvalue weighted by atomic mass is 10.1. The fraction of sp³-hybridized carbons (Fsp3) is 0.0714. The number of halogens is 1. The summed E-state index contributed by atoms with van der Waals surface area (Å²) in [4.78, 5) is 0.353. The van der Waals surface area contributed by atoms with Gasteiger partial charge in [-0.15, -0.1) is 0 Å². The maximum absolute atomic E-state index is 5.74. The van der Waals surface area contributed by atoms with Crippen molar-refractivity contribution in [1.29, 1.82) is 0 Å². The molecular formula is C14H13BrN2OS. The smallest absolute Gasteiger partial charge is 0.120 e. The highest BCUT2D eigenvalue weighted by atomic mass is 79.9. The summed E-state index contributed by atoms with van der Waals surface area (Å²) in [5.41, 5.74) is 8.32. The summed E-state index contributed by atoms with van der Waals surface area (Å²) < 4.78 is 6.13. The summed E-state index contributed by atoms with van der Waals surface area (Å²) in [5, 5.41) is 3.29. The van der Waals surface area contributed by atoms with E-state index in [-0.39, 0.29) is 0 Å². The van der Waals surface area contributed by atoms with Crippen LogP contribution in [0.1, 0.15) is 5.56 Å². The lowest BCUT2D eigenvalue weighted by molar-refractivity contribution is 0.415. The van der Waals surface area contributed by atoms with Crippen LogP contribution >= 0.6 is 28.1 Å². The molecular weight excluding hydrogens is 324 g/mol. The molecule has 98 valence electrons. The molecule has 0 bridgehead atoms. The third-order valence-electron chi connectivity index (χ3n) is 2.60. The standard InChI is InChI=1S/C14H13BrN2OS/c1-18-11-4-2-3-10(8-11)17-13-6-5-9(15)7-12(13)14(16)19/h2-8,17H,1H3,(H2,16,19). The summed E-state index contributed by atoms with van der Waals surface area (Å²) in [6.07, 6.45) is 0. The van der Waals surface area contributed by atoms with Gasteiger partial charge in [0.2, 0.25) is 0 Å². The minimum Gasteiger partial charge on any atom is -0.497 e. The van der Waals surface area contributed by atoms with Gasteiger partial charge in [-0.3, -0.25) is 0 Å². The molecule has 0 atom stereocenters. The minimum atomic E-state index is 0.353. The van der Waals surface area contributed by atoms with Gasteiger partial charge in [-0.25, -0.2) is 0 Å². The third kappa shape index (κ3) is 3.45. The zero-order valence-electron chi connectivity index (χ0n) is 10.3. The molecule has 19 heavy (non-hydrogen) atoms. The number of rotatable bonds is 4. The van der Waals surface area contributed by atoms with Crippen molar-refractivity contribution in [2.75, 3.05) is 12.4 Å². The number of ether oxygens (including phenoxy) is 1. The van der Waals surface area contributed by atoms with E-state index in [4.69, 9.17) is 22.7 Å². The molecule has 2 aromatic rings. The van der Waals surface area contributed by atoms with E-state index in [0.717, 1.165) is 27.2 Å². The molecule has 0 saturated heterocycles. The van der Waals surface area contributed by atoms with Gasteiger partial charge in [0, 0.05) is 27.5 Å². The van der Waals surface area contributed by atoms with Crippen molar-refractivity contribution >= 4 is 44.5 Å². The SMILES string of the molecule is COc1cccc(Nc2ccc(Br)cc2C(N)=S)c1. The molecule has 2 rings (SSSR count). The van der Waals surface area contributed by atoms with Gasteiger partial charge < -0.3 is 15.8 Å². The monoisotopic (exact) mass is 336 g/mol. The second-order valence-corrected chi connectivity index (χ2v) is 5.27. The Labute approximate surface area is 125 Å². The van der Waals surface area contributed by atoms with Crippen molar-refractivity contribution in [3.05, 3.63) is 52.5 Å². The van der Waals surface area contributed by atoms with Gasteiger partial charge in [0.25, 0.3) is 0 Å². The van der Waals surface area contributed by atoms with E-state index >= 15 is 0 Å². The Morgan fingerprint density at radius 2 is 2.05 bits per heavy atom. The summed E-state index contributed by atoms with van der Waals surface area (Å²) in [6, 6.07) is 13.4. The van der Waals surface area contributed by atoms with Crippen LogP contribution < -0.4 is 15.8 Å². The number of thiocarbonyl (C=S) groups is 1. The normalized spacial score (nSPS) is 10.0. The number of methoxy groups -OCH3 is 1. The highest BCUT2D eigenvalue weighted by molar-refractivity contribution is 9.10. The Hall–Kier alpha value is -1.59. The summed E-state index contributed by atoms with van der Waals surface area (Å²) in [6.45, 7) is 0. The molecule has 3 N–H and O–H groups in total. The molecule has 5 heteroatoms. The topological polar surface area (TPSA) is 47.3 Å². The van der Waals surface area contributed by atoms with Gasteiger partial charge in [-0.05, 0) is 30.3 Å². The molecule has 0 radical (unpaired) electrons. The average molecular weight is 337 g/mol. The van der Waals surface area contributed by atoms with Gasteiger partial charge in [0.1, 0.15) is 10.7 Å². The van der Waals surface area contributed by atoms with E-state index in [1.165, 1.54) is 0 Å². The van der Waals surface area contributed by atoms with Crippen LogP contribution in [0.5, 0.6) is 5.75 Å². The number of hydrogen-bond donors (Lipinski definition) is 2. The van der Waals surface area contributed by atoms with Gasteiger partial charge in [0.15, 0.2) is 0 Å². The van der Waals surface area contributed by atoms with Crippen LogP contribution in [0.25, 0.3) is 0 Å². The first-order valence-corrected chi connectivity index (χ1v) is 6.80. The van der Waals surface area contributed by atoms with Crippen LogP contribution in [-0.2, 0) is 0 Å². The van der Waals surface area contributed by atoms with Crippen molar-refractivity contribution in [3.8, 4) is 5.75 Å². The molecule has 0 unspecified atom stereocenters. The minimum absolute atomic E-state index is 0.353. The van der Waals surface area contributed by atoms with Gasteiger partial charge in [-0.1, -0.05) is 34.2 Å². The number of hydrogen-bond acceptors (Lipinski definition) is 3. The largest absolute Gasteiger partial charge is 0.497 e. The molecule has 0 aliphatic carbocycles. The van der Waals surface area contributed by atoms with E-state index in [2.05, 4.69) is 21.2 Å². The zero-order chi connectivity index (χ0) is 13.8. The molecule has 0 aromatic heterocycles. The number of benzene rings is 2. The molecule has 0 heterocycles. The van der Waals surface area contributed by atoms with Crippen molar-refractivity contribution < 1.29 is 4.74 Å². The highest BCUT2D eigenvalue weighted by Gasteiger charge is 2.06. The van der Waals surface area contributed by atoms with Crippen molar-refractivity contribution in [1.82, 2.24) is 0 Å². The Morgan fingerprint density at radius 1 is 1.26 bits per heavy atom. The average Bonchev–Trinajstić information content (AvgIpc) is 2.41. The molecule has 0 spiro atoms. The fourth-order valence-corrected chi connectivity index (χ4v) is 2.22. The molecule has 0 aliphatic rings. The molecule has 0 aliphatic heterocycles. The van der Waals surface area contributed by atoms with E-state index in [9.17, 15) is 0 Å². The van der Waals surface area contributed by atoms with E-state index in [1.807, 2.05) is 42.5 Å². The third-order valence-corrected chi connectivity index (χ3v) is 3.31. The molecule has 0 saturated carbocycles. The molecule has 2 aromatic carbocycles. The summed E-state index contributed by atoms with van der Waals surface area (Å²) in [7, 11) is 1.64.